The Morgan fingerprint density at radius 1 is 1.53 bits per heavy atom. The van der Waals surface area contributed by atoms with Crippen LogP contribution in [0.5, 0.6) is 0 Å². The minimum absolute atomic E-state index is 0.0998. The van der Waals surface area contributed by atoms with Crippen molar-refractivity contribution in [2.45, 2.75) is 20.3 Å². The van der Waals surface area contributed by atoms with Crippen molar-refractivity contribution >= 4 is 11.8 Å². The van der Waals surface area contributed by atoms with Crippen LogP contribution in [0.15, 0.2) is 6.20 Å². The summed E-state index contributed by atoms with van der Waals surface area (Å²) in [6, 6.07) is 0. The molecule has 2 N–H and O–H groups in total. The molecule has 0 aromatic carbocycles. The molecule has 0 aliphatic carbocycles. The van der Waals surface area contributed by atoms with Crippen LogP contribution in [0.4, 0.5) is 16.2 Å². The topological polar surface area (TPSA) is 55.0 Å². The van der Waals surface area contributed by atoms with Gasteiger partial charge in [-0.3, -0.25) is 0 Å². The Bertz CT molecular complexity index is 327. The van der Waals surface area contributed by atoms with Crippen LogP contribution in [0.1, 0.15) is 20.3 Å². The van der Waals surface area contributed by atoms with Crippen LogP contribution in [0.25, 0.3) is 0 Å². The molecule has 0 atom stereocenters. The van der Waals surface area contributed by atoms with E-state index in [9.17, 15) is 4.39 Å². The van der Waals surface area contributed by atoms with E-state index in [4.69, 9.17) is 5.73 Å². The SMILES string of the molecule is CC(C)CCN(C)c1nc(N)ncc1F. The van der Waals surface area contributed by atoms with Gasteiger partial charge in [0.2, 0.25) is 5.95 Å². The van der Waals surface area contributed by atoms with E-state index in [1.54, 1.807) is 11.9 Å². The molecule has 0 aliphatic rings. The smallest absolute Gasteiger partial charge is 0.222 e. The second-order valence-electron chi connectivity index (χ2n) is 4.00. The molecule has 15 heavy (non-hydrogen) atoms. The zero-order valence-corrected chi connectivity index (χ0v) is 9.37. The molecule has 0 saturated heterocycles. The van der Waals surface area contributed by atoms with E-state index in [0.717, 1.165) is 19.2 Å². The van der Waals surface area contributed by atoms with Crippen LogP contribution in [0, 0.1) is 11.7 Å². The molecule has 1 rings (SSSR count). The van der Waals surface area contributed by atoms with Crippen LogP contribution >= 0.6 is 0 Å². The third-order valence-electron chi connectivity index (χ3n) is 2.15. The van der Waals surface area contributed by atoms with E-state index >= 15 is 0 Å². The molecule has 0 saturated carbocycles. The van der Waals surface area contributed by atoms with Gasteiger partial charge in [-0.2, -0.15) is 4.98 Å². The molecule has 0 fully saturated rings. The summed E-state index contributed by atoms with van der Waals surface area (Å²) in [5.74, 6) is 0.510. The van der Waals surface area contributed by atoms with Gasteiger partial charge in [-0.05, 0) is 12.3 Å². The Labute approximate surface area is 89.3 Å². The fraction of sp³-hybridized carbons (Fsp3) is 0.600. The van der Waals surface area contributed by atoms with Crippen LogP contribution in [-0.4, -0.2) is 23.6 Å². The highest BCUT2D eigenvalue weighted by atomic mass is 19.1. The summed E-state index contributed by atoms with van der Waals surface area (Å²) in [4.78, 5) is 9.21. The Balaban J connectivity index is 2.72. The average molecular weight is 212 g/mol. The van der Waals surface area contributed by atoms with Gasteiger partial charge in [-0.15, -0.1) is 0 Å². The molecule has 0 unspecified atom stereocenters. The zero-order chi connectivity index (χ0) is 11.4. The minimum atomic E-state index is -0.435. The highest BCUT2D eigenvalue weighted by molar-refractivity contribution is 5.41. The Hall–Kier alpha value is -1.39. The Morgan fingerprint density at radius 2 is 2.20 bits per heavy atom. The number of rotatable bonds is 4. The third kappa shape index (κ3) is 3.34. The average Bonchev–Trinajstić information content (AvgIpc) is 2.18. The van der Waals surface area contributed by atoms with Crippen molar-refractivity contribution in [3.8, 4) is 0 Å². The summed E-state index contributed by atoms with van der Waals surface area (Å²) in [6.45, 7) is 5.00. The Kier molecular flexibility index (Phi) is 3.82. The number of nitrogens with zero attached hydrogens (tertiary/aromatic N) is 3. The van der Waals surface area contributed by atoms with Crippen molar-refractivity contribution in [2.24, 2.45) is 5.92 Å². The van der Waals surface area contributed by atoms with Crippen molar-refractivity contribution in [3.63, 3.8) is 0 Å². The lowest BCUT2D eigenvalue weighted by molar-refractivity contribution is 0.568. The molecule has 4 nitrogen and oxygen atoms in total. The van der Waals surface area contributed by atoms with E-state index in [0.29, 0.717) is 5.92 Å². The highest BCUT2D eigenvalue weighted by Gasteiger charge is 2.10. The number of anilines is 2. The first-order valence-electron chi connectivity index (χ1n) is 5.00. The summed E-state index contributed by atoms with van der Waals surface area (Å²) in [5, 5.41) is 0. The quantitative estimate of drug-likeness (QED) is 0.825. The third-order valence-corrected chi connectivity index (χ3v) is 2.15. The van der Waals surface area contributed by atoms with Gasteiger partial charge in [0.1, 0.15) is 0 Å². The molecule has 1 heterocycles. The predicted octanol–water partition coefficient (Wildman–Crippen LogP) is 1.68. The second kappa shape index (κ2) is 4.91. The van der Waals surface area contributed by atoms with E-state index in [1.807, 2.05) is 0 Å². The van der Waals surface area contributed by atoms with Gasteiger partial charge < -0.3 is 10.6 Å². The van der Waals surface area contributed by atoms with Gasteiger partial charge in [-0.1, -0.05) is 13.8 Å². The molecule has 0 bridgehead atoms. The van der Waals surface area contributed by atoms with Gasteiger partial charge >= 0.3 is 0 Å². The number of hydrogen-bond donors (Lipinski definition) is 1. The minimum Gasteiger partial charge on any atom is -0.368 e. The second-order valence-corrected chi connectivity index (χ2v) is 4.00. The van der Waals surface area contributed by atoms with Crippen LogP contribution in [-0.2, 0) is 0 Å². The fourth-order valence-electron chi connectivity index (χ4n) is 1.20. The van der Waals surface area contributed by atoms with Crippen molar-refractivity contribution < 1.29 is 4.39 Å². The first kappa shape index (κ1) is 11.7. The van der Waals surface area contributed by atoms with Crippen LogP contribution in [0.2, 0.25) is 0 Å². The van der Waals surface area contributed by atoms with Gasteiger partial charge in [0.25, 0.3) is 0 Å². The van der Waals surface area contributed by atoms with E-state index in [-0.39, 0.29) is 11.8 Å². The van der Waals surface area contributed by atoms with Crippen molar-refractivity contribution in [1.82, 2.24) is 9.97 Å². The summed E-state index contributed by atoms with van der Waals surface area (Å²) in [5.41, 5.74) is 5.41. The molecular formula is C10H17FN4. The van der Waals surface area contributed by atoms with Gasteiger partial charge in [0.05, 0.1) is 6.20 Å². The number of aromatic nitrogens is 2. The summed E-state index contributed by atoms with van der Waals surface area (Å²) in [6.07, 6.45) is 2.09. The van der Waals surface area contributed by atoms with Crippen molar-refractivity contribution in [2.75, 3.05) is 24.2 Å². The van der Waals surface area contributed by atoms with Gasteiger partial charge in [0, 0.05) is 13.6 Å². The maximum atomic E-state index is 13.3. The molecule has 0 radical (unpaired) electrons. The summed E-state index contributed by atoms with van der Waals surface area (Å²) >= 11 is 0. The van der Waals surface area contributed by atoms with Gasteiger partial charge in [-0.25, -0.2) is 9.37 Å². The zero-order valence-electron chi connectivity index (χ0n) is 9.37. The van der Waals surface area contributed by atoms with E-state index < -0.39 is 5.82 Å². The number of nitrogens with two attached hydrogens (primary N) is 1. The lowest BCUT2D eigenvalue weighted by Gasteiger charge is -2.19. The van der Waals surface area contributed by atoms with Crippen LogP contribution < -0.4 is 10.6 Å². The van der Waals surface area contributed by atoms with E-state index in [2.05, 4.69) is 23.8 Å². The number of hydrogen-bond acceptors (Lipinski definition) is 4. The maximum absolute atomic E-state index is 13.3. The molecule has 1 aromatic heterocycles. The lowest BCUT2D eigenvalue weighted by Crippen LogP contribution is -2.22. The number of halogens is 1. The van der Waals surface area contributed by atoms with Crippen molar-refractivity contribution in [1.29, 1.82) is 0 Å². The standard InChI is InChI=1S/C10H17FN4/c1-7(2)4-5-15(3)9-8(11)6-13-10(12)14-9/h6-7H,4-5H2,1-3H3,(H2,12,13,14). The van der Waals surface area contributed by atoms with E-state index in [1.165, 1.54) is 0 Å². The first-order chi connectivity index (χ1) is 7.00. The number of nitrogen functional groups attached to an aromatic ring is 1. The molecule has 0 amide bonds. The molecule has 0 spiro atoms. The first-order valence-corrected chi connectivity index (χ1v) is 5.00. The predicted molar refractivity (Wildman–Crippen MR) is 59.1 cm³/mol. The monoisotopic (exact) mass is 212 g/mol. The molecule has 5 heteroatoms. The summed E-state index contributed by atoms with van der Waals surface area (Å²) in [7, 11) is 1.80. The van der Waals surface area contributed by atoms with Crippen molar-refractivity contribution in [3.05, 3.63) is 12.0 Å². The largest absolute Gasteiger partial charge is 0.368 e. The molecule has 0 aliphatic heterocycles. The van der Waals surface area contributed by atoms with Gasteiger partial charge in [0.15, 0.2) is 11.6 Å². The summed E-state index contributed by atoms with van der Waals surface area (Å²) < 4.78 is 13.3. The maximum Gasteiger partial charge on any atom is 0.222 e. The molecule has 1 aromatic rings. The molecular weight excluding hydrogens is 195 g/mol. The highest BCUT2D eigenvalue weighted by Crippen LogP contribution is 2.15. The lowest BCUT2D eigenvalue weighted by atomic mass is 10.1. The normalized spacial score (nSPS) is 10.7. The fourth-order valence-corrected chi connectivity index (χ4v) is 1.20. The molecule has 84 valence electrons. The van der Waals surface area contributed by atoms with Crippen LogP contribution in [0.3, 0.4) is 0 Å². The Morgan fingerprint density at radius 3 is 2.80 bits per heavy atom.